The molecule has 0 amide bonds. The minimum absolute atomic E-state index is 0. The normalized spacial score (nSPS) is 18.9. The van der Waals surface area contributed by atoms with Crippen LogP contribution in [0.15, 0.2) is 10.6 Å². The van der Waals surface area contributed by atoms with Gasteiger partial charge in [-0.2, -0.15) is 0 Å². The van der Waals surface area contributed by atoms with Crippen LogP contribution in [0.3, 0.4) is 0 Å². The Balaban J connectivity index is 0.00000128. The van der Waals surface area contributed by atoms with E-state index in [1.807, 2.05) is 13.0 Å². The van der Waals surface area contributed by atoms with Crippen molar-refractivity contribution in [2.45, 2.75) is 38.8 Å². The van der Waals surface area contributed by atoms with Crippen LogP contribution in [0.25, 0.3) is 0 Å². The number of rotatable bonds is 5. The summed E-state index contributed by atoms with van der Waals surface area (Å²) in [6.07, 6.45) is 2.58. The van der Waals surface area contributed by atoms with E-state index < -0.39 is 0 Å². The lowest BCUT2D eigenvalue weighted by atomic mass is 9.96. The van der Waals surface area contributed by atoms with E-state index in [-0.39, 0.29) is 17.9 Å². The molecule has 5 heteroatoms. The summed E-state index contributed by atoms with van der Waals surface area (Å²) >= 11 is 0. The number of aryl methyl sites for hydroxylation is 1. The molecule has 0 spiro atoms. The topological polar surface area (TPSA) is 64.1 Å². The molecule has 1 unspecified atom stereocenters. The lowest BCUT2D eigenvalue weighted by Gasteiger charge is -2.29. The molecule has 1 aromatic rings. The summed E-state index contributed by atoms with van der Waals surface area (Å²) < 4.78 is 5.15. The van der Waals surface area contributed by atoms with Crippen LogP contribution in [0, 0.1) is 12.8 Å². The summed E-state index contributed by atoms with van der Waals surface area (Å²) in [4.78, 5) is 0. The van der Waals surface area contributed by atoms with Gasteiger partial charge in [0.1, 0.15) is 0 Å². The highest BCUT2D eigenvalue weighted by atomic mass is 35.5. The van der Waals surface area contributed by atoms with Gasteiger partial charge >= 0.3 is 0 Å². The summed E-state index contributed by atoms with van der Waals surface area (Å²) in [7, 11) is 0. The Bertz CT molecular complexity index is 338. The lowest BCUT2D eigenvalue weighted by Crippen LogP contribution is -2.50. The second kappa shape index (κ2) is 5.17. The first kappa shape index (κ1) is 13.5. The fourth-order valence-corrected chi connectivity index (χ4v) is 1.89. The monoisotopic (exact) mass is 245 g/mol. The zero-order valence-electron chi connectivity index (χ0n) is 9.82. The van der Waals surface area contributed by atoms with Gasteiger partial charge in [0.2, 0.25) is 0 Å². The number of halogens is 1. The van der Waals surface area contributed by atoms with Crippen molar-refractivity contribution >= 4 is 12.4 Å². The third-order valence-corrected chi connectivity index (χ3v) is 3.25. The van der Waals surface area contributed by atoms with E-state index in [1.54, 1.807) is 0 Å². The summed E-state index contributed by atoms with van der Waals surface area (Å²) in [6.45, 7) is 5.50. The van der Waals surface area contributed by atoms with Gasteiger partial charge in [0.15, 0.2) is 5.76 Å². The molecule has 1 aromatic heterocycles. The summed E-state index contributed by atoms with van der Waals surface area (Å²) in [5, 5.41) is 7.34. The van der Waals surface area contributed by atoms with Crippen LogP contribution in [0.2, 0.25) is 0 Å². The van der Waals surface area contributed by atoms with Gasteiger partial charge in [-0.3, -0.25) is 0 Å². The molecule has 1 saturated carbocycles. The quantitative estimate of drug-likeness (QED) is 0.828. The molecule has 0 aromatic carbocycles. The van der Waals surface area contributed by atoms with Crippen molar-refractivity contribution in [3.05, 3.63) is 17.5 Å². The van der Waals surface area contributed by atoms with Crippen LogP contribution >= 0.6 is 12.4 Å². The molecule has 2 rings (SSSR count). The number of nitrogens with two attached hydrogens (primary N) is 1. The van der Waals surface area contributed by atoms with E-state index in [0.29, 0.717) is 13.1 Å². The predicted molar refractivity (Wildman–Crippen MR) is 65.5 cm³/mol. The molecule has 3 N–H and O–H groups in total. The number of aromatic nitrogens is 1. The summed E-state index contributed by atoms with van der Waals surface area (Å²) in [5.41, 5.74) is 6.79. The first-order valence-electron chi connectivity index (χ1n) is 5.51. The number of hydrogen-bond acceptors (Lipinski definition) is 4. The van der Waals surface area contributed by atoms with Crippen LogP contribution < -0.4 is 11.1 Å². The third-order valence-electron chi connectivity index (χ3n) is 3.25. The summed E-state index contributed by atoms with van der Waals surface area (Å²) in [5.74, 6) is 1.61. The fraction of sp³-hybridized carbons (Fsp3) is 0.727. The van der Waals surface area contributed by atoms with Gasteiger partial charge in [0.25, 0.3) is 0 Å². The molecule has 1 aliphatic carbocycles. The van der Waals surface area contributed by atoms with Gasteiger partial charge in [-0.15, -0.1) is 12.4 Å². The molecule has 0 saturated heterocycles. The predicted octanol–water partition coefficient (Wildman–Crippen LogP) is 1.62. The average molecular weight is 246 g/mol. The van der Waals surface area contributed by atoms with Gasteiger partial charge in [-0.1, -0.05) is 5.16 Å². The fourth-order valence-electron chi connectivity index (χ4n) is 1.89. The maximum atomic E-state index is 5.81. The Morgan fingerprint density at radius 3 is 2.75 bits per heavy atom. The zero-order valence-corrected chi connectivity index (χ0v) is 10.6. The molecular weight excluding hydrogens is 226 g/mol. The van der Waals surface area contributed by atoms with Crippen molar-refractivity contribution < 1.29 is 4.52 Å². The van der Waals surface area contributed by atoms with Gasteiger partial charge in [-0.05, 0) is 32.6 Å². The Morgan fingerprint density at radius 2 is 2.31 bits per heavy atom. The molecule has 1 heterocycles. The molecule has 92 valence electrons. The highest BCUT2D eigenvalue weighted by molar-refractivity contribution is 5.85. The SMILES string of the molecule is Cc1cc(CNC(C)(CN)C2CC2)on1.Cl. The second-order valence-electron chi connectivity index (χ2n) is 4.68. The van der Waals surface area contributed by atoms with E-state index >= 15 is 0 Å². The van der Waals surface area contributed by atoms with Crippen LogP contribution in [-0.4, -0.2) is 17.2 Å². The van der Waals surface area contributed by atoms with Crippen molar-refractivity contribution in [2.24, 2.45) is 11.7 Å². The number of hydrogen-bond donors (Lipinski definition) is 2. The van der Waals surface area contributed by atoms with E-state index in [4.69, 9.17) is 10.3 Å². The average Bonchev–Trinajstić information content (AvgIpc) is 3.00. The Morgan fingerprint density at radius 1 is 1.62 bits per heavy atom. The molecule has 1 atom stereocenters. The highest BCUT2D eigenvalue weighted by Gasteiger charge is 2.40. The minimum Gasteiger partial charge on any atom is -0.360 e. The second-order valence-corrected chi connectivity index (χ2v) is 4.68. The molecule has 1 aliphatic rings. The number of nitrogens with one attached hydrogen (secondary N) is 1. The van der Waals surface area contributed by atoms with E-state index in [9.17, 15) is 0 Å². The van der Waals surface area contributed by atoms with Crippen molar-refractivity contribution in [3.63, 3.8) is 0 Å². The molecule has 1 fully saturated rings. The van der Waals surface area contributed by atoms with Crippen molar-refractivity contribution in [3.8, 4) is 0 Å². The Hall–Kier alpha value is -0.580. The largest absolute Gasteiger partial charge is 0.360 e. The summed E-state index contributed by atoms with van der Waals surface area (Å²) in [6, 6.07) is 1.96. The highest BCUT2D eigenvalue weighted by Crippen LogP contribution is 2.39. The van der Waals surface area contributed by atoms with Gasteiger partial charge in [0, 0.05) is 18.2 Å². The van der Waals surface area contributed by atoms with E-state index in [0.717, 1.165) is 17.4 Å². The first-order valence-corrected chi connectivity index (χ1v) is 5.51. The molecule has 4 nitrogen and oxygen atoms in total. The maximum absolute atomic E-state index is 5.81. The Labute approximate surface area is 102 Å². The standard InChI is InChI=1S/C11H19N3O.ClH/c1-8-5-10(15-14-8)6-13-11(2,7-12)9-3-4-9;/h5,9,13H,3-4,6-7,12H2,1-2H3;1H. The molecular formula is C11H20ClN3O. The van der Waals surface area contributed by atoms with E-state index in [1.165, 1.54) is 12.8 Å². The van der Waals surface area contributed by atoms with Crippen molar-refractivity contribution in [1.29, 1.82) is 0 Å². The Kier molecular flexibility index (Phi) is 4.35. The van der Waals surface area contributed by atoms with Gasteiger partial charge in [0.05, 0.1) is 12.2 Å². The molecule has 0 radical (unpaired) electrons. The van der Waals surface area contributed by atoms with Crippen LogP contribution in [0.1, 0.15) is 31.2 Å². The van der Waals surface area contributed by atoms with Crippen molar-refractivity contribution in [2.75, 3.05) is 6.54 Å². The van der Waals surface area contributed by atoms with Crippen LogP contribution in [-0.2, 0) is 6.54 Å². The van der Waals surface area contributed by atoms with Gasteiger partial charge in [-0.25, -0.2) is 0 Å². The van der Waals surface area contributed by atoms with Gasteiger partial charge < -0.3 is 15.6 Å². The van der Waals surface area contributed by atoms with Crippen molar-refractivity contribution in [1.82, 2.24) is 10.5 Å². The minimum atomic E-state index is 0. The lowest BCUT2D eigenvalue weighted by molar-refractivity contribution is 0.289. The van der Waals surface area contributed by atoms with Crippen LogP contribution in [0.5, 0.6) is 0 Å². The molecule has 0 bridgehead atoms. The molecule has 16 heavy (non-hydrogen) atoms. The zero-order chi connectivity index (χ0) is 10.9. The third kappa shape index (κ3) is 2.97. The number of nitrogens with zero attached hydrogens (tertiary/aromatic N) is 1. The smallest absolute Gasteiger partial charge is 0.150 e. The molecule has 0 aliphatic heterocycles. The maximum Gasteiger partial charge on any atom is 0.150 e. The van der Waals surface area contributed by atoms with E-state index in [2.05, 4.69) is 17.4 Å². The van der Waals surface area contributed by atoms with Crippen LogP contribution in [0.4, 0.5) is 0 Å². The first-order chi connectivity index (χ1) is 7.14.